The van der Waals surface area contributed by atoms with Gasteiger partial charge in [-0.3, -0.25) is 4.79 Å². The van der Waals surface area contributed by atoms with Crippen LogP contribution in [0.5, 0.6) is 0 Å². The Kier molecular flexibility index (Phi) is 3.95. The standard InChI is InChI=1S/C17H20N2O2/c1-2-17(20)18-12-15(16-8-5-11-21-16)19-10-9-13-6-3-4-7-14(13)19/h3-8,11,15H,2,9-10,12H2,1H3,(H,18,20). The molecule has 1 N–H and O–H groups in total. The van der Waals surface area contributed by atoms with Gasteiger partial charge in [0, 0.05) is 25.2 Å². The van der Waals surface area contributed by atoms with Gasteiger partial charge in [-0.2, -0.15) is 0 Å². The van der Waals surface area contributed by atoms with Gasteiger partial charge >= 0.3 is 0 Å². The number of fused-ring (bicyclic) bond motifs is 1. The van der Waals surface area contributed by atoms with Crippen LogP contribution in [0.15, 0.2) is 47.1 Å². The fraction of sp³-hybridized carbons (Fsp3) is 0.353. The van der Waals surface area contributed by atoms with Gasteiger partial charge in [0.2, 0.25) is 5.91 Å². The van der Waals surface area contributed by atoms with Gasteiger partial charge in [0.25, 0.3) is 0 Å². The molecule has 1 amide bonds. The van der Waals surface area contributed by atoms with Crippen molar-refractivity contribution in [2.45, 2.75) is 25.8 Å². The Morgan fingerprint density at radius 3 is 2.95 bits per heavy atom. The van der Waals surface area contributed by atoms with Crippen LogP contribution in [0.2, 0.25) is 0 Å². The van der Waals surface area contributed by atoms with Crippen molar-refractivity contribution in [2.24, 2.45) is 0 Å². The smallest absolute Gasteiger partial charge is 0.219 e. The van der Waals surface area contributed by atoms with Gasteiger partial charge in [-0.05, 0) is 30.2 Å². The van der Waals surface area contributed by atoms with Crippen LogP contribution in [0.4, 0.5) is 5.69 Å². The predicted molar refractivity (Wildman–Crippen MR) is 82.2 cm³/mol. The Morgan fingerprint density at radius 1 is 1.33 bits per heavy atom. The maximum Gasteiger partial charge on any atom is 0.219 e. The predicted octanol–water partition coefficient (Wildman–Crippen LogP) is 2.91. The molecule has 1 aliphatic rings. The van der Waals surface area contributed by atoms with E-state index in [1.165, 1.54) is 11.3 Å². The Balaban J connectivity index is 1.84. The van der Waals surface area contributed by atoms with E-state index in [-0.39, 0.29) is 11.9 Å². The maximum atomic E-state index is 11.6. The Hall–Kier alpha value is -2.23. The number of carbonyl (C=O) groups excluding carboxylic acids is 1. The number of rotatable bonds is 5. The van der Waals surface area contributed by atoms with E-state index >= 15 is 0 Å². The first-order chi connectivity index (χ1) is 10.3. The van der Waals surface area contributed by atoms with E-state index in [2.05, 4.69) is 34.5 Å². The van der Waals surface area contributed by atoms with Crippen molar-refractivity contribution in [3.05, 3.63) is 54.0 Å². The van der Waals surface area contributed by atoms with E-state index in [0.717, 1.165) is 18.7 Å². The number of benzene rings is 1. The minimum Gasteiger partial charge on any atom is -0.467 e. The number of hydrogen-bond acceptors (Lipinski definition) is 3. The molecule has 0 spiro atoms. The summed E-state index contributed by atoms with van der Waals surface area (Å²) in [5.74, 6) is 0.960. The van der Waals surface area contributed by atoms with Crippen LogP contribution in [-0.2, 0) is 11.2 Å². The second-order valence-corrected chi connectivity index (χ2v) is 5.26. The van der Waals surface area contributed by atoms with Gasteiger partial charge in [0.1, 0.15) is 11.8 Å². The molecule has 21 heavy (non-hydrogen) atoms. The summed E-state index contributed by atoms with van der Waals surface area (Å²) in [6.45, 7) is 3.38. The highest BCUT2D eigenvalue weighted by molar-refractivity contribution is 5.75. The zero-order valence-corrected chi connectivity index (χ0v) is 12.2. The summed E-state index contributed by atoms with van der Waals surface area (Å²) in [5.41, 5.74) is 2.60. The minimum atomic E-state index is 0.0409. The van der Waals surface area contributed by atoms with Crippen molar-refractivity contribution < 1.29 is 9.21 Å². The van der Waals surface area contributed by atoms with Gasteiger partial charge in [-0.1, -0.05) is 25.1 Å². The summed E-state index contributed by atoms with van der Waals surface area (Å²) >= 11 is 0. The first kappa shape index (κ1) is 13.7. The molecule has 0 fully saturated rings. The molecular weight excluding hydrogens is 264 g/mol. The molecule has 3 rings (SSSR count). The molecule has 1 aromatic heterocycles. The van der Waals surface area contributed by atoms with E-state index in [1.54, 1.807) is 6.26 Å². The summed E-state index contributed by atoms with van der Waals surface area (Å²) in [5, 5.41) is 2.99. The van der Waals surface area contributed by atoms with Gasteiger partial charge < -0.3 is 14.6 Å². The number of hydrogen-bond donors (Lipinski definition) is 1. The van der Waals surface area contributed by atoms with Crippen molar-refractivity contribution in [1.82, 2.24) is 5.32 Å². The zero-order valence-electron chi connectivity index (χ0n) is 12.2. The van der Waals surface area contributed by atoms with E-state index < -0.39 is 0 Å². The van der Waals surface area contributed by atoms with Gasteiger partial charge in [0.05, 0.1) is 6.26 Å². The normalized spacial score (nSPS) is 14.8. The molecule has 0 saturated carbocycles. The molecule has 0 bridgehead atoms. The molecule has 0 saturated heterocycles. The Morgan fingerprint density at radius 2 is 2.19 bits per heavy atom. The van der Waals surface area contributed by atoms with Crippen molar-refractivity contribution in [3.8, 4) is 0 Å². The monoisotopic (exact) mass is 284 g/mol. The quantitative estimate of drug-likeness (QED) is 0.918. The molecule has 0 radical (unpaired) electrons. The van der Waals surface area contributed by atoms with Gasteiger partial charge in [-0.25, -0.2) is 0 Å². The molecular formula is C17H20N2O2. The Bertz CT molecular complexity index is 607. The number of nitrogens with one attached hydrogen (secondary N) is 1. The van der Waals surface area contributed by atoms with Crippen molar-refractivity contribution >= 4 is 11.6 Å². The lowest BCUT2D eigenvalue weighted by molar-refractivity contribution is -0.120. The van der Waals surface area contributed by atoms with Gasteiger partial charge in [0.15, 0.2) is 0 Å². The third-order valence-electron chi connectivity index (χ3n) is 3.98. The second kappa shape index (κ2) is 6.04. The lowest BCUT2D eigenvalue weighted by Gasteiger charge is -2.29. The van der Waals surface area contributed by atoms with E-state index in [0.29, 0.717) is 13.0 Å². The molecule has 4 heteroatoms. The number of amides is 1. The van der Waals surface area contributed by atoms with Crippen molar-refractivity contribution in [3.63, 3.8) is 0 Å². The lowest BCUT2D eigenvalue weighted by atomic mass is 10.1. The van der Waals surface area contributed by atoms with Crippen LogP contribution in [0.1, 0.15) is 30.7 Å². The third kappa shape index (κ3) is 2.79. The lowest BCUT2D eigenvalue weighted by Crippen LogP contribution is -2.37. The molecule has 2 heterocycles. The average Bonchev–Trinajstić information content (AvgIpc) is 3.17. The second-order valence-electron chi connectivity index (χ2n) is 5.26. The van der Waals surface area contributed by atoms with Crippen LogP contribution in [0.3, 0.4) is 0 Å². The third-order valence-corrected chi connectivity index (χ3v) is 3.98. The van der Waals surface area contributed by atoms with Crippen LogP contribution in [-0.4, -0.2) is 19.0 Å². The number of anilines is 1. The molecule has 1 aliphatic heterocycles. The molecule has 4 nitrogen and oxygen atoms in total. The van der Waals surface area contributed by atoms with E-state index in [1.807, 2.05) is 19.1 Å². The van der Waals surface area contributed by atoms with Crippen LogP contribution < -0.4 is 10.2 Å². The maximum absolute atomic E-state index is 11.6. The van der Waals surface area contributed by atoms with E-state index in [4.69, 9.17) is 4.42 Å². The molecule has 2 aromatic rings. The fourth-order valence-corrected chi connectivity index (χ4v) is 2.87. The Labute approximate surface area is 124 Å². The van der Waals surface area contributed by atoms with Crippen molar-refractivity contribution in [2.75, 3.05) is 18.0 Å². The first-order valence-electron chi connectivity index (χ1n) is 7.44. The molecule has 1 atom stereocenters. The summed E-state index contributed by atoms with van der Waals surface area (Å²) in [6, 6.07) is 12.3. The number of furan rings is 1. The highest BCUT2D eigenvalue weighted by atomic mass is 16.3. The SMILES string of the molecule is CCC(=O)NCC(c1ccco1)N1CCc2ccccc21. The summed E-state index contributed by atoms with van der Waals surface area (Å²) < 4.78 is 5.60. The van der Waals surface area contributed by atoms with Gasteiger partial charge in [-0.15, -0.1) is 0 Å². The molecule has 1 unspecified atom stereocenters. The van der Waals surface area contributed by atoms with Crippen LogP contribution >= 0.6 is 0 Å². The summed E-state index contributed by atoms with van der Waals surface area (Å²) in [6.07, 6.45) is 3.22. The number of nitrogens with zero attached hydrogens (tertiary/aromatic N) is 1. The fourth-order valence-electron chi connectivity index (χ4n) is 2.87. The molecule has 1 aromatic carbocycles. The topological polar surface area (TPSA) is 45.5 Å². The van der Waals surface area contributed by atoms with Crippen LogP contribution in [0.25, 0.3) is 0 Å². The highest BCUT2D eigenvalue weighted by Gasteiger charge is 2.28. The highest BCUT2D eigenvalue weighted by Crippen LogP contribution is 2.34. The summed E-state index contributed by atoms with van der Waals surface area (Å²) in [4.78, 5) is 13.9. The zero-order chi connectivity index (χ0) is 14.7. The van der Waals surface area contributed by atoms with E-state index in [9.17, 15) is 4.79 Å². The number of para-hydroxylation sites is 1. The number of carbonyl (C=O) groups is 1. The average molecular weight is 284 g/mol. The first-order valence-corrected chi connectivity index (χ1v) is 7.44. The summed E-state index contributed by atoms with van der Waals surface area (Å²) in [7, 11) is 0. The minimum absolute atomic E-state index is 0.0409. The molecule has 110 valence electrons. The molecule has 0 aliphatic carbocycles. The largest absolute Gasteiger partial charge is 0.467 e. The van der Waals surface area contributed by atoms with Crippen LogP contribution in [0, 0.1) is 0 Å². The van der Waals surface area contributed by atoms with Crippen molar-refractivity contribution in [1.29, 1.82) is 0 Å².